The summed E-state index contributed by atoms with van der Waals surface area (Å²) < 4.78 is 0. The summed E-state index contributed by atoms with van der Waals surface area (Å²) in [4.78, 5) is 0. The Balaban J connectivity index is 3.60. The van der Waals surface area contributed by atoms with Crippen LogP contribution in [-0.2, 0) is 0 Å². The molecule has 0 saturated carbocycles. The monoisotopic (exact) mass is 144 g/mol. The smallest absolute Gasteiger partial charge is 0.0977 e. The fourth-order valence-electron chi connectivity index (χ4n) is 0.779. The zero-order valence-corrected chi connectivity index (χ0v) is 6.62. The van der Waals surface area contributed by atoms with Crippen molar-refractivity contribution in [3.8, 4) is 0 Å². The van der Waals surface area contributed by atoms with Gasteiger partial charge in [0, 0.05) is 0 Å². The molecule has 0 aliphatic carbocycles. The highest BCUT2D eigenvalue weighted by atomic mass is 16.3. The molecule has 2 nitrogen and oxygen atoms in total. The molecule has 0 fully saturated rings. The first-order valence-electron chi connectivity index (χ1n) is 3.56. The van der Waals surface area contributed by atoms with Gasteiger partial charge in [0.2, 0.25) is 0 Å². The fourth-order valence-corrected chi connectivity index (χ4v) is 0.779. The molecule has 0 aliphatic heterocycles. The van der Waals surface area contributed by atoms with Gasteiger partial charge in [0.1, 0.15) is 0 Å². The second-order valence-corrected chi connectivity index (χ2v) is 2.92. The predicted octanol–water partition coefficient (Wildman–Crippen LogP) is 0.940. The maximum absolute atomic E-state index is 9.17. The molecule has 10 heavy (non-hydrogen) atoms. The van der Waals surface area contributed by atoms with E-state index in [1.807, 2.05) is 13.8 Å². The first kappa shape index (κ1) is 9.66. The number of hydrogen-bond donors (Lipinski definition) is 2. The maximum atomic E-state index is 9.17. The van der Waals surface area contributed by atoms with Crippen LogP contribution in [0, 0.1) is 5.92 Å². The van der Waals surface area contributed by atoms with Gasteiger partial charge in [-0.05, 0) is 12.3 Å². The minimum absolute atomic E-state index is 0.407. The first-order valence-corrected chi connectivity index (χ1v) is 3.56. The van der Waals surface area contributed by atoms with E-state index in [2.05, 4.69) is 6.58 Å². The molecule has 0 aromatic rings. The molecule has 0 aromatic carbocycles. The van der Waals surface area contributed by atoms with Crippen molar-refractivity contribution in [2.45, 2.75) is 32.5 Å². The Labute approximate surface area is 62.2 Å². The lowest BCUT2D eigenvalue weighted by molar-refractivity contribution is 0.0353. The van der Waals surface area contributed by atoms with Crippen molar-refractivity contribution in [3.05, 3.63) is 12.7 Å². The van der Waals surface area contributed by atoms with Gasteiger partial charge in [0.25, 0.3) is 0 Å². The van der Waals surface area contributed by atoms with Crippen molar-refractivity contribution >= 4 is 0 Å². The molecule has 0 aliphatic rings. The van der Waals surface area contributed by atoms with Crippen LogP contribution in [0.4, 0.5) is 0 Å². The average Bonchev–Trinajstić information content (AvgIpc) is 1.85. The highest BCUT2D eigenvalue weighted by Gasteiger charge is 2.13. The molecule has 0 heterocycles. The largest absolute Gasteiger partial charge is 0.390 e. The molecule has 2 unspecified atom stereocenters. The van der Waals surface area contributed by atoms with Crippen molar-refractivity contribution in [1.29, 1.82) is 0 Å². The van der Waals surface area contributed by atoms with Gasteiger partial charge in [-0.15, -0.1) is 6.58 Å². The third kappa shape index (κ3) is 3.64. The van der Waals surface area contributed by atoms with Gasteiger partial charge in [-0.3, -0.25) is 0 Å². The molecule has 2 atom stereocenters. The predicted molar refractivity (Wildman–Crippen MR) is 41.7 cm³/mol. The third-order valence-corrected chi connectivity index (χ3v) is 1.35. The quantitative estimate of drug-likeness (QED) is 0.576. The second kappa shape index (κ2) is 4.47. The summed E-state index contributed by atoms with van der Waals surface area (Å²) in [6.45, 7) is 7.38. The molecule has 2 heteroatoms. The normalized spacial score (nSPS) is 16.9. The van der Waals surface area contributed by atoms with Crippen LogP contribution in [-0.4, -0.2) is 22.4 Å². The highest BCUT2D eigenvalue weighted by Crippen LogP contribution is 2.07. The summed E-state index contributed by atoms with van der Waals surface area (Å²) in [6, 6.07) is 0. The van der Waals surface area contributed by atoms with Gasteiger partial charge in [-0.2, -0.15) is 0 Å². The summed E-state index contributed by atoms with van der Waals surface area (Å²) in [5.41, 5.74) is 0. The summed E-state index contributed by atoms with van der Waals surface area (Å²) >= 11 is 0. The van der Waals surface area contributed by atoms with Crippen molar-refractivity contribution < 1.29 is 10.2 Å². The lowest BCUT2D eigenvalue weighted by Crippen LogP contribution is -2.24. The van der Waals surface area contributed by atoms with E-state index < -0.39 is 12.2 Å². The van der Waals surface area contributed by atoms with Crippen LogP contribution in [0.15, 0.2) is 12.7 Å². The number of rotatable bonds is 4. The lowest BCUT2D eigenvalue weighted by Gasteiger charge is -2.15. The van der Waals surface area contributed by atoms with Crippen molar-refractivity contribution in [2.24, 2.45) is 5.92 Å². The molecule has 0 radical (unpaired) electrons. The number of aliphatic hydroxyl groups is 2. The van der Waals surface area contributed by atoms with Crippen LogP contribution in [0.2, 0.25) is 0 Å². The van der Waals surface area contributed by atoms with Crippen LogP contribution < -0.4 is 0 Å². The SMILES string of the molecule is C=CC(O)C(O)CC(C)C. The standard InChI is InChI=1S/C8H16O2/c1-4-7(9)8(10)5-6(2)3/h4,6-10H,1,5H2,2-3H3. The molecule has 0 spiro atoms. The molecular formula is C8H16O2. The van der Waals surface area contributed by atoms with Gasteiger partial charge in [-0.1, -0.05) is 19.9 Å². The van der Waals surface area contributed by atoms with Crippen molar-refractivity contribution in [3.63, 3.8) is 0 Å². The van der Waals surface area contributed by atoms with Crippen LogP contribution in [0.3, 0.4) is 0 Å². The van der Waals surface area contributed by atoms with Crippen LogP contribution in [0.25, 0.3) is 0 Å². The topological polar surface area (TPSA) is 40.5 Å². The fraction of sp³-hybridized carbons (Fsp3) is 0.750. The van der Waals surface area contributed by atoms with E-state index >= 15 is 0 Å². The Morgan fingerprint density at radius 2 is 1.90 bits per heavy atom. The molecule has 2 N–H and O–H groups in total. The van der Waals surface area contributed by atoms with Gasteiger partial charge < -0.3 is 10.2 Å². The zero-order chi connectivity index (χ0) is 8.15. The number of aliphatic hydroxyl groups excluding tert-OH is 2. The second-order valence-electron chi connectivity index (χ2n) is 2.92. The zero-order valence-electron chi connectivity index (χ0n) is 6.62. The maximum Gasteiger partial charge on any atom is 0.0977 e. The molecule has 0 bridgehead atoms. The van der Waals surface area contributed by atoms with Crippen molar-refractivity contribution in [1.82, 2.24) is 0 Å². The van der Waals surface area contributed by atoms with E-state index in [0.717, 1.165) is 0 Å². The average molecular weight is 144 g/mol. The van der Waals surface area contributed by atoms with Gasteiger partial charge >= 0.3 is 0 Å². The van der Waals surface area contributed by atoms with Gasteiger partial charge in [-0.25, -0.2) is 0 Å². The molecule has 0 rings (SSSR count). The molecule has 0 aromatic heterocycles. The van der Waals surface area contributed by atoms with Gasteiger partial charge in [0.05, 0.1) is 12.2 Å². The molecule has 60 valence electrons. The minimum Gasteiger partial charge on any atom is -0.390 e. The Morgan fingerprint density at radius 3 is 2.20 bits per heavy atom. The summed E-state index contributed by atoms with van der Waals surface area (Å²) in [6.07, 6.45) is 0.542. The molecule has 0 saturated heterocycles. The van der Waals surface area contributed by atoms with E-state index in [4.69, 9.17) is 10.2 Å². The Bertz CT molecular complexity index is 99.4. The van der Waals surface area contributed by atoms with E-state index in [1.165, 1.54) is 6.08 Å². The van der Waals surface area contributed by atoms with E-state index in [-0.39, 0.29) is 0 Å². The van der Waals surface area contributed by atoms with Gasteiger partial charge in [0.15, 0.2) is 0 Å². The van der Waals surface area contributed by atoms with E-state index in [0.29, 0.717) is 12.3 Å². The van der Waals surface area contributed by atoms with E-state index in [9.17, 15) is 0 Å². The number of hydrogen-bond acceptors (Lipinski definition) is 2. The third-order valence-electron chi connectivity index (χ3n) is 1.35. The minimum atomic E-state index is -0.776. The lowest BCUT2D eigenvalue weighted by atomic mass is 10.0. The first-order chi connectivity index (χ1) is 4.57. The Hall–Kier alpha value is -0.340. The Kier molecular flexibility index (Phi) is 4.32. The van der Waals surface area contributed by atoms with Crippen LogP contribution in [0.1, 0.15) is 20.3 Å². The van der Waals surface area contributed by atoms with Crippen molar-refractivity contribution in [2.75, 3.05) is 0 Å². The Morgan fingerprint density at radius 1 is 1.40 bits per heavy atom. The van der Waals surface area contributed by atoms with E-state index in [1.54, 1.807) is 0 Å². The van der Waals surface area contributed by atoms with Crippen LogP contribution >= 0.6 is 0 Å². The highest BCUT2D eigenvalue weighted by molar-refractivity contribution is 4.84. The summed E-state index contributed by atoms with van der Waals surface area (Å²) in [7, 11) is 0. The summed E-state index contributed by atoms with van der Waals surface area (Å²) in [5, 5.41) is 18.2. The molecular weight excluding hydrogens is 128 g/mol. The van der Waals surface area contributed by atoms with Crippen LogP contribution in [0.5, 0.6) is 0 Å². The molecule has 0 amide bonds. The summed E-state index contributed by atoms with van der Waals surface area (Å²) in [5.74, 6) is 0.407.